The molecule has 0 saturated heterocycles. The van der Waals surface area contributed by atoms with E-state index in [2.05, 4.69) is 43.7 Å². The Morgan fingerprint density at radius 2 is 1.39 bits per heavy atom. The van der Waals surface area contributed by atoms with Crippen LogP contribution in [-0.2, 0) is 6.61 Å². The van der Waals surface area contributed by atoms with E-state index in [9.17, 15) is 0 Å². The van der Waals surface area contributed by atoms with Gasteiger partial charge in [-0.1, -0.05) is 55.8 Å². The fourth-order valence-electron chi connectivity index (χ4n) is 1.46. The van der Waals surface area contributed by atoms with Gasteiger partial charge in [0.25, 0.3) is 0 Å². The highest BCUT2D eigenvalue weighted by Crippen LogP contribution is 2.19. The van der Waals surface area contributed by atoms with E-state index in [-0.39, 0.29) is 6.61 Å². The highest BCUT2D eigenvalue weighted by Gasteiger charge is 1.94. The van der Waals surface area contributed by atoms with Crippen LogP contribution in [0.25, 0.3) is 0 Å². The third-order valence-electron chi connectivity index (χ3n) is 2.35. The molecule has 0 atom stereocenters. The van der Waals surface area contributed by atoms with Crippen LogP contribution in [0.5, 0.6) is 0 Å². The Morgan fingerprint density at radius 3 is 1.94 bits per heavy atom. The summed E-state index contributed by atoms with van der Waals surface area (Å²) in [6.45, 7) is 0.0618. The molecule has 3 heteroatoms. The van der Waals surface area contributed by atoms with Crippen LogP contribution in [0.2, 0.25) is 0 Å². The molecule has 2 aromatic rings. The first-order valence-corrected chi connectivity index (χ1v) is 6.94. The van der Waals surface area contributed by atoms with Crippen molar-refractivity contribution in [3.8, 4) is 11.8 Å². The van der Waals surface area contributed by atoms with Gasteiger partial charge in [-0.3, -0.25) is 0 Å². The Morgan fingerprint density at radius 1 is 0.833 bits per heavy atom. The van der Waals surface area contributed by atoms with E-state index in [1.807, 2.05) is 42.5 Å². The Bertz CT molecular complexity index is 586. The lowest BCUT2D eigenvalue weighted by Crippen LogP contribution is -1.82. The lowest BCUT2D eigenvalue weighted by atomic mass is 10.1. The van der Waals surface area contributed by atoms with Crippen LogP contribution in [-0.4, -0.2) is 5.11 Å². The van der Waals surface area contributed by atoms with Crippen molar-refractivity contribution in [1.82, 2.24) is 0 Å². The van der Waals surface area contributed by atoms with Crippen molar-refractivity contribution in [3.63, 3.8) is 0 Å². The van der Waals surface area contributed by atoms with Crippen molar-refractivity contribution in [1.29, 1.82) is 0 Å². The van der Waals surface area contributed by atoms with Gasteiger partial charge in [0.1, 0.15) is 0 Å². The number of halogens is 2. The second-order valence-corrected chi connectivity index (χ2v) is 5.59. The summed E-state index contributed by atoms with van der Waals surface area (Å²) in [5.41, 5.74) is 2.77. The van der Waals surface area contributed by atoms with Crippen LogP contribution in [0, 0.1) is 11.8 Å². The maximum Gasteiger partial charge on any atom is 0.0681 e. The molecule has 0 aliphatic carbocycles. The first-order valence-electron chi connectivity index (χ1n) is 5.35. The molecule has 0 bridgehead atoms. The summed E-state index contributed by atoms with van der Waals surface area (Å²) >= 11 is 6.87. The summed E-state index contributed by atoms with van der Waals surface area (Å²) in [7, 11) is 0. The van der Waals surface area contributed by atoms with Crippen LogP contribution in [0.15, 0.2) is 51.4 Å². The number of hydrogen-bond donors (Lipinski definition) is 1. The predicted molar refractivity (Wildman–Crippen MR) is 80.2 cm³/mol. The maximum atomic E-state index is 8.95. The van der Waals surface area contributed by atoms with Crippen LogP contribution >= 0.6 is 31.9 Å². The highest BCUT2D eigenvalue weighted by atomic mass is 79.9. The van der Waals surface area contributed by atoms with Crippen molar-refractivity contribution < 1.29 is 5.11 Å². The van der Waals surface area contributed by atoms with Crippen LogP contribution in [0.3, 0.4) is 0 Å². The molecule has 0 aliphatic rings. The molecule has 0 saturated carbocycles. The lowest BCUT2D eigenvalue weighted by molar-refractivity contribution is 0.282. The van der Waals surface area contributed by atoms with Crippen LogP contribution in [0.1, 0.15) is 16.7 Å². The molecule has 90 valence electrons. The Labute approximate surface area is 123 Å². The Kier molecular flexibility index (Phi) is 4.60. The largest absolute Gasteiger partial charge is 0.392 e. The van der Waals surface area contributed by atoms with E-state index in [1.165, 1.54) is 0 Å². The normalized spacial score (nSPS) is 9.72. The third-order valence-corrected chi connectivity index (χ3v) is 3.27. The lowest BCUT2D eigenvalue weighted by Gasteiger charge is -1.96. The minimum absolute atomic E-state index is 0.0618. The first-order chi connectivity index (χ1) is 8.67. The molecule has 2 aromatic carbocycles. The summed E-state index contributed by atoms with van der Waals surface area (Å²) in [5.74, 6) is 6.20. The van der Waals surface area contributed by atoms with Gasteiger partial charge in [0.05, 0.1) is 6.61 Å². The molecule has 1 nitrogen and oxygen atoms in total. The molecule has 0 unspecified atom stereocenters. The molecule has 0 aromatic heterocycles. The number of rotatable bonds is 1. The van der Waals surface area contributed by atoms with Gasteiger partial charge in [0.2, 0.25) is 0 Å². The standard InChI is InChI=1S/C15H10Br2O/c16-14-7-13(8-15(17)9-14)6-3-11-1-4-12(10-18)5-2-11/h1-2,4-5,7-9,18H,10H2. The zero-order chi connectivity index (χ0) is 13.0. The fraction of sp³-hybridized carbons (Fsp3) is 0.0667. The summed E-state index contributed by atoms with van der Waals surface area (Å²) in [4.78, 5) is 0. The van der Waals surface area contributed by atoms with Gasteiger partial charge in [-0.25, -0.2) is 0 Å². The molecule has 0 spiro atoms. The van der Waals surface area contributed by atoms with Crippen molar-refractivity contribution in [2.75, 3.05) is 0 Å². The quantitative estimate of drug-likeness (QED) is 0.754. The summed E-state index contributed by atoms with van der Waals surface area (Å²) < 4.78 is 1.99. The molecule has 2 rings (SSSR count). The van der Waals surface area contributed by atoms with Crippen molar-refractivity contribution in [3.05, 3.63) is 68.1 Å². The second-order valence-electron chi connectivity index (χ2n) is 3.76. The van der Waals surface area contributed by atoms with Gasteiger partial charge in [-0.2, -0.15) is 0 Å². The molecular weight excluding hydrogens is 356 g/mol. The number of hydrogen-bond acceptors (Lipinski definition) is 1. The number of aliphatic hydroxyl groups is 1. The van der Waals surface area contributed by atoms with Gasteiger partial charge >= 0.3 is 0 Å². The predicted octanol–water partition coefficient (Wildman–Crippen LogP) is 4.10. The minimum atomic E-state index is 0.0618. The average Bonchev–Trinajstić information content (AvgIpc) is 2.36. The Hall–Kier alpha value is -1.08. The average molecular weight is 366 g/mol. The summed E-state index contributed by atoms with van der Waals surface area (Å²) in [5, 5.41) is 8.95. The van der Waals surface area contributed by atoms with E-state index < -0.39 is 0 Å². The smallest absolute Gasteiger partial charge is 0.0681 e. The van der Waals surface area contributed by atoms with Gasteiger partial charge in [-0.15, -0.1) is 0 Å². The first kappa shape index (κ1) is 13.4. The van der Waals surface area contributed by atoms with Crippen molar-refractivity contribution >= 4 is 31.9 Å². The SMILES string of the molecule is OCc1ccc(C#Cc2cc(Br)cc(Br)c2)cc1. The number of benzene rings is 2. The molecular formula is C15H10Br2O. The molecule has 1 N–H and O–H groups in total. The maximum absolute atomic E-state index is 8.95. The zero-order valence-corrected chi connectivity index (χ0v) is 12.6. The minimum Gasteiger partial charge on any atom is -0.392 e. The zero-order valence-electron chi connectivity index (χ0n) is 9.45. The topological polar surface area (TPSA) is 20.2 Å². The van der Waals surface area contributed by atoms with Crippen molar-refractivity contribution in [2.45, 2.75) is 6.61 Å². The molecule has 18 heavy (non-hydrogen) atoms. The Balaban J connectivity index is 2.25. The molecule has 0 aliphatic heterocycles. The molecule has 0 radical (unpaired) electrons. The molecule has 0 amide bonds. The van der Waals surface area contributed by atoms with Crippen LogP contribution < -0.4 is 0 Å². The van der Waals surface area contributed by atoms with E-state index in [1.54, 1.807) is 0 Å². The van der Waals surface area contributed by atoms with E-state index in [0.29, 0.717) is 0 Å². The second kappa shape index (κ2) is 6.19. The molecule has 0 heterocycles. The van der Waals surface area contributed by atoms with Gasteiger partial charge in [-0.05, 0) is 35.9 Å². The summed E-state index contributed by atoms with van der Waals surface area (Å²) in [6, 6.07) is 13.5. The molecule has 0 fully saturated rings. The van der Waals surface area contributed by atoms with Crippen LogP contribution in [0.4, 0.5) is 0 Å². The van der Waals surface area contributed by atoms with Gasteiger partial charge in [0, 0.05) is 20.1 Å². The van der Waals surface area contributed by atoms with Gasteiger partial charge in [0.15, 0.2) is 0 Å². The monoisotopic (exact) mass is 364 g/mol. The fourth-order valence-corrected chi connectivity index (χ4v) is 2.76. The third kappa shape index (κ3) is 3.71. The van der Waals surface area contributed by atoms with Crippen molar-refractivity contribution in [2.24, 2.45) is 0 Å². The summed E-state index contributed by atoms with van der Waals surface area (Å²) in [6.07, 6.45) is 0. The van der Waals surface area contributed by atoms with E-state index in [0.717, 1.165) is 25.6 Å². The van der Waals surface area contributed by atoms with E-state index >= 15 is 0 Å². The van der Waals surface area contributed by atoms with Gasteiger partial charge < -0.3 is 5.11 Å². The highest BCUT2D eigenvalue weighted by molar-refractivity contribution is 9.11. The van der Waals surface area contributed by atoms with E-state index in [4.69, 9.17) is 5.11 Å². The number of aliphatic hydroxyl groups excluding tert-OH is 1.